The fraction of sp³-hybridized carbons (Fsp3) is 0.481. The summed E-state index contributed by atoms with van der Waals surface area (Å²) in [5, 5.41) is 36.8. The van der Waals surface area contributed by atoms with Gasteiger partial charge in [-0.15, -0.1) is 0 Å². The zero-order chi connectivity index (χ0) is 29.2. The number of Topliss-reactive ketones (excluding diaryl/α,β-unsaturated/α-hetero) is 1. The van der Waals surface area contributed by atoms with Crippen LogP contribution in [-0.4, -0.2) is 73.0 Å². The Hall–Kier alpha value is -3.03. The third-order valence-corrected chi connectivity index (χ3v) is 6.39. The third-order valence-electron chi connectivity index (χ3n) is 5.31. The minimum Gasteiger partial charge on any atom is -0.481 e. The van der Waals surface area contributed by atoms with Crippen LogP contribution in [0, 0.1) is 12.8 Å². The summed E-state index contributed by atoms with van der Waals surface area (Å²) < 4.78 is 6.58. The van der Waals surface area contributed by atoms with E-state index in [0.717, 1.165) is 27.7 Å². The molecule has 39 heavy (non-hydrogen) atoms. The van der Waals surface area contributed by atoms with Crippen molar-refractivity contribution in [3.63, 3.8) is 0 Å². The van der Waals surface area contributed by atoms with Gasteiger partial charge >= 0.3 is 5.91 Å². The second-order valence-electron chi connectivity index (χ2n) is 9.81. The van der Waals surface area contributed by atoms with Crippen LogP contribution in [0.3, 0.4) is 0 Å². The number of aliphatic hydroxyl groups is 3. The van der Waals surface area contributed by atoms with Gasteiger partial charge in [-0.25, -0.2) is 4.98 Å². The third kappa shape index (κ3) is 9.59. The van der Waals surface area contributed by atoms with Gasteiger partial charge in [0.15, 0.2) is 6.10 Å². The van der Waals surface area contributed by atoms with Crippen molar-refractivity contribution in [2.45, 2.75) is 70.2 Å². The van der Waals surface area contributed by atoms with Crippen molar-refractivity contribution in [2.24, 2.45) is 5.92 Å². The average molecular weight is 563 g/mol. The topological polar surface area (TPSA) is 161 Å². The molecular formula is C27H38N4O7S. The highest BCUT2D eigenvalue weighted by atomic mass is 32.2. The van der Waals surface area contributed by atoms with Crippen molar-refractivity contribution in [3.8, 4) is 5.75 Å². The summed E-state index contributed by atoms with van der Waals surface area (Å²) in [6.45, 7) is 9.30. The van der Waals surface area contributed by atoms with Crippen LogP contribution in [0.4, 0.5) is 0 Å². The molecule has 2 heterocycles. The molecule has 0 spiro atoms. The first kappa shape index (κ1) is 32.2. The Bertz CT molecular complexity index is 1110. The number of pyridine rings is 1. The number of carbonyl (C=O) groups is 3. The van der Waals surface area contributed by atoms with Crippen molar-refractivity contribution in [2.75, 3.05) is 13.1 Å². The minimum atomic E-state index is -3.08. The predicted octanol–water partition coefficient (Wildman–Crippen LogP) is 1.75. The molecule has 1 fully saturated rings. The van der Waals surface area contributed by atoms with Gasteiger partial charge in [0.1, 0.15) is 10.8 Å². The number of hydrogen-bond donors (Lipinski definition) is 5. The zero-order valence-corrected chi connectivity index (χ0v) is 23.7. The molecule has 2 aromatic rings. The molecule has 0 bridgehead atoms. The quantitative estimate of drug-likeness (QED) is 0.237. The molecule has 1 aliphatic heterocycles. The van der Waals surface area contributed by atoms with Crippen molar-refractivity contribution < 1.29 is 34.4 Å². The molecule has 1 saturated heterocycles. The van der Waals surface area contributed by atoms with Gasteiger partial charge in [0.2, 0.25) is 11.6 Å². The number of ketones is 1. The molecule has 5 N–H and O–H groups in total. The summed E-state index contributed by atoms with van der Waals surface area (Å²) in [7, 11) is 0. The van der Waals surface area contributed by atoms with Crippen LogP contribution < -0.4 is 15.4 Å². The molecule has 3 rings (SSSR count). The highest BCUT2D eigenvalue weighted by Crippen LogP contribution is 2.33. The van der Waals surface area contributed by atoms with Crippen LogP contribution in [0.15, 0.2) is 53.7 Å². The van der Waals surface area contributed by atoms with Crippen LogP contribution in [0.1, 0.15) is 46.1 Å². The van der Waals surface area contributed by atoms with Crippen LogP contribution >= 0.6 is 11.9 Å². The number of nitrogens with zero attached hydrogens (tertiary/aromatic N) is 2. The number of benzene rings is 1. The molecule has 0 saturated carbocycles. The van der Waals surface area contributed by atoms with E-state index in [2.05, 4.69) is 36.4 Å². The molecule has 11 nitrogen and oxygen atoms in total. The number of hydrogen-bond acceptors (Lipinski definition) is 10. The highest BCUT2D eigenvalue weighted by molar-refractivity contribution is 7.97. The first-order chi connectivity index (χ1) is 18.3. The van der Waals surface area contributed by atoms with Gasteiger partial charge in [0, 0.05) is 19.2 Å². The fourth-order valence-electron chi connectivity index (χ4n) is 3.40. The Balaban J connectivity index is 0.00000124. The summed E-state index contributed by atoms with van der Waals surface area (Å²) in [6.07, 6.45) is 0.487. The smallest absolute Gasteiger partial charge is 0.302 e. The molecule has 0 aliphatic carbocycles. The predicted molar refractivity (Wildman–Crippen MR) is 146 cm³/mol. The van der Waals surface area contributed by atoms with Gasteiger partial charge in [-0.1, -0.05) is 45.0 Å². The van der Waals surface area contributed by atoms with E-state index < -0.39 is 41.9 Å². The van der Waals surface area contributed by atoms with E-state index in [1.807, 2.05) is 19.1 Å². The van der Waals surface area contributed by atoms with Gasteiger partial charge in [-0.3, -0.25) is 14.4 Å². The normalized spacial score (nSPS) is 19.8. The molecule has 2 atom stereocenters. The second kappa shape index (κ2) is 14.4. The summed E-state index contributed by atoms with van der Waals surface area (Å²) in [6, 6.07) is 12.1. The molecule has 1 aromatic carbocycles. The lowest BCUT2D eigenvalue weighted by atomic mass is 10.0. The number of amides is 2. The van der Waals surface area contributed by atoms with E-state index in [-0.39, 0.29) is 19.4 Å². The van der Waals surface area contributed by atoms with Crippen molar-refractivity contribution >= 4 is 29.5 Å². The monoisotopic (exact) mass is 562 g/mol. The molecule has 0 radical (unpaired) electrons. The van der Waals surface area contributed by atoms with Gasteiger partial charge in [0.05, 0.1) is 6.54 Å². The maximum Gasteiger partial charge on any atom is 0.302 e. The lowest BCUT2D eigenvalue weighted by Crippen LogP contribution is -2.65. The SMILES string of the molecule is CC(C)C.Cc1ccccc1OC(C)C(=O)NCC(=O)N[C@@]1(O)CCCN(Sc2ccccn2)C(O)(O)C1=O. The number of para-hydroxylation sites is 1. The molecule has 1 aliphatic rings. The van der Waals surface area contributed by atoms with Crippen molar-refractivity contribution in [1.29, 1.82) is 0 Å². The number of carbonyl (C=O) groups excluding carboxylic acids is 3. The molecule has 12 heteroatoms. The first-order valence-electron chi connectivity index (χ1n) is 12.7. The van der Waals surface area contributed by atoms with Crippen LogP contribution in [-0.2, 0) is 14.4 Å². The maximum atomic E-state index is 12.9. The van der Waals surface area contributed by atoms with Gasteiger partial charge in [-0.05, 0) is 61.9 Å². The Morgan fingerprint density at radius 2 is 1.74 bits per heavy atom. The Labute approximate surface area is 233 Å². The van der Waals surface area contributed by atoms with E-state index in [1.54, 1.807) is 30.3 Å². The average Bonchev–Trinajstić information content (AvgIpc) is 2.94. The summed E-state index contributed by atoms with van der Waals surface area (Å²) in [5.74, 6) is -4.62. The summed E-state index contributed by atoms with van der Waals surface area (Å²) in [4.78, 5) is 41.7. The van der Waals surface area contributed by atoms with Crippen LogP contribution in [0.25, 0.3) is 0 Å². The summed E-state index contributed by atoms with van der Waals surface area (Å²) in [5.41, 5.74) is -1.71. The Morgan fingerprint density at radius 3 is 2.36 bits per heavy atom. The number of aromatic nitrogens is 1. The number of rotatable bonds is 8. The molecule has 1 unspecified atom stereocenters. The van der Waals surface area contributed by atoms with Crippen molar-refractivity contribution in [3.05, 3.63) is 54.2 Å². The maximum absolute atomic E-state index is 12.9. The van der Waals surface area contributed by atoms with E-state index >= 15 is 0 Å². The van der Waals surface area contributed by atoms with E-state index in [4.69, 9.17) is 4.74 Å². The van der Waals surface area contributed by atoms with Gasteiger partial charge in [0.25, 0.3) is 11.7 Å². The Morgan fingerprint density at radius 1 is 1.10 bits per heavy atom. The first-order valence-corrected chi connectivity index (χ1v) is 13.4. The highest BCUT2D eigenvalue weighted by Gasteiger charge is 2.55. The zero-order valence-electron chi connectivity index (χ0n) is 22.9. The molecule has 1 aromatic heterocycles. The lowest BCUT2D eigenvalue weighted by Gasteiger charge is -2.34. The second-order valence-corrected chi connectivity index (χ2v) is 10.9. The summed E-state index contributed by atoms with van der Waals surface area (Å²) >= 11 is 0.834. The molecular weight excluding hydrogens is 524 g/mol. The molecule has 214 valence electrons. The minimum absolute atomic E-state index is 0.0165. The number of aryl methyl sites for hydroxylation is 1. The number of nitrogens with one attached hydrogen (secondary N) is 2. The van der Waals surface area contributed by atoms with Crippen molar-refractivity contribution in [1.82, 2.24) is 19.9 Å². The van der Waals surface area contributed by atoms with Gasteiger partial charge < -0.3 is 30.7 Å². The lowest BCUT2D eigenvalue weighted by molar-refractivity contribution is -0.233. The van der Waals surface area contributed by atoms with E-state index in [1.165, 1.54) is 13.1 Å². The van der Waals surface area contributed by atoms with Gasteiger partial charge in [-0.2, -0.15) is 4.31 Å². The van der Waals surface area contributed by atoms with E-state index in [0.29, 0.717) is 10.8 Å². The van der Waals surface area contributed by atoms with E-state index in [9.17, 15) is 29.7 Å². The van der Waals surface area contributed by atoms with Crippen LogP contribution in [0.5, 0.6) is 5.75 Å². The fourth-order valence-corrected chi connectivity index (χ4v) is 4.30. The Kier molecular flexibility index (Phi) is 11.9. The van der Waals surface area contributed by atoms with Crippen LogP contribution in [0.2, 0.25) is 0 Å². The standard InChI is InChI=1S/C23H28N4O7S.C4H10/c1-15-8-3-4-9-17(15)34-16(2)20(29)25-14-18(28)26-22(31)11-7-13-27(23(32,33)21(22)30)35-19-10-5-6-12-24-19;1-4(2)3/h3-6,8-10,12,16,31-33H,7,11,13-14H2,1-2H3,(H,25,29)(H,26,28);4H,1-3H3/t16?,22-;/m1./s1. The molecule has 2 amide bonds. The largest absolute Gasteiger partial charge is 0.481 e. The number of ether oxygens (including phenoxy) is 1.